The van der Waals surface area contributed by atoms with Gasteiger partial charge in [-0.25, -0.2) is 4.79 Å². The summed E-state index contributed by atoms with van der Waals surface area (Å²) < 4.78 is 5.19. The summed E-state index contributed by atoms with van der Waals surface area (Å²) in [4.78, 5) is 16.4. The van der Waals surface area contributed by atoms with Crippen molar-refractivity contribution in [3.05, 3.63) is 16.0 Å². The Balaban J connectivity index is 1.40. The molecular weight excluding hydrogens is 412 g/mol. The van der Waals surface area contributed by atoms with Crippen LogP contribution in [0, 0.1) is 17.8 Å². The van der Waals surface area contributed by atoms with Gasteiger partial charge >= 0.3 is 5.97 Å². The Morgan fingerprint density at radius 2 is 1.67 bits per heavy atom. The zero-order chi connectivity index (χ0) is 20.9. The van der Waals surface area contributed by atoms with Crippen molar-refractivity contribution in [2.24, 2.45) is 17.8 Å². The number of nitrogens with one attached hydrogen (secondary N) is 1. The van der Waals surface area contributed by atoms with Crippen molar-refractivity contribution >= 4 is 39.6 Å². The van der Waals surface area contributed by atoms with Crippen LogP contribution in [-0.2, 0) is 17.6 Å². The number of aryl methyl sites for hydroxylation is 1. The first-order chi connectivity index (χ1) is 14.5. The summed E-state index contributed by atoms with van der Waals surface area (Å²) in [6.45, 7) is 0. The number of carbonyl (C=O) groups excluding carboxylic acids is 1. The average Bonchev–Trinajstić information content (AvgIpc) is 3.01. The van der Waals surface area contributed by atoms with Crippen molar-refractivity contribution in [3.63, 3.8) is 0 Å². The summed E-state index contributed by atoms with van der Waals surface area (Å²) in [5.41, 5.74) is 2.16. The summed E-state index contributed by atoms with van der Waals surface area (Å²) in [5.74, 6) is 2.42. The molecule has 1 aromatic rings. The van der Waals surface area contributed by atoms with Gasteiger partial charge in [-0.2, -0.15) is 0 Å². The Bertz CT molecular complexity index is 811. The zero-order valence-electron chi connectivity index (χ0n) is 18.3. The molecule has 0 atom stereocenters. The lowest BCUT2D eigenvalue weighted by atomic mass is 9.52. The molecule has 30 heavy (non-hydrogen) atoms. The van der Waals surface area contributed by atoms with Gasteiger partial charge in [0.1, 0.15) is 5.00 Å². The van der Waals surface area contributed by atoms with Crippen molar-refractivity contribution in [1.82, 2.24) is 4.90 Å². The van der Waals surface area contributed by atoms with Crippen LogP contribution in [0.5, 0.6) is 0 Å². The average molecular weight is 447 g/mol. The van der Waals surface area contributed by atoms with Crippen LogP contribution >= 0.6 is 23.6 Å². The monoisotopic (exact) mass is 446 g/mol. The van der Waals surface area contributed by atoms with Gasteiger partial charge in [-0.15, -0.1) is 11.3 Å². The quantitative estimate of drug-likeness (QED) is 0.470. The third-order valence-electron chi connectivity index (χ3n) is 8.30. The number of carbonyl (C=O) groups is 1. The van der Waals surface area contributed by atoms with E-state index >= 15 is 0 Å². The minimum atomic E-state index is -0.226. The largest absolute Gasteiger partial charge is 0.465 e. The number of hydrogen-bond donors (Lipinski definition) is 1. The van der Waals surface area contributed by atoms with E-state index in [1.807, 2.05) is 0 Å². The van der Waals surface area contributed by atoms with Gasteiger partial charge in [0.25, 0.3) is 0 Å². The van der Waals surface area contributed by atoms with E-state index in [0.29, 0.717) is 0 Å². The number of rotatable bonds is 3. The summed E-state index contributed by atoms with van der Waals surface area (Å²) in [6.07, 6.45) is 15.0. The van der Waals surface area contributed by atoms with Gasteiger partial charge in [0.15, 0.2) is 5.11 Å². The molecule has 0 radical (unpaired) electrons. The number of thiophene rings is 1. The number of thiocarbonyl (C=S) groups is 1. The molecule has 0 aliphatic heterocycles. The van der Waals surface area contributed by atoms with Crippen LogP contribution in [0.3, 0.4) is 0 Å². The normalized spacial score (nSPS) is 32.1. The highest BCUT2D eigenvalue weighted by molar-refractivity contribution is 7.80. The lowest BCUT2D eigenvalue weighted by Gasteiger charge is -2.60. The van der Waals surface area contributed by atoms with Crippen molar-refractivity contribution in [2.45, 2.75) is 82.6 Å². The topological polar surface area (TPSA) is 41.6 Å². The van der Waals surface area contributed by atoms with Crippen LogP contribution in [0.1, 0.15) is 85.0 Å². The van der Waals surface area contributed by atoms with E-state index in [4.69, 9.17) is 17.0 Å². The van der Waals surface area contributed by atoms with Gasteiger partial charge in [0, 0.05) is 17.5 Å². The second-order valence-corrected chi connectivity index (χ2v) is 11.7. The molecule has 0 saturated heterocycles. The van der Waals surface area contributed by atoms with Gasteiger partial charge in [-0.3, -0.25) is 0 Å². The standard InChI is InChI=1S/C24H34N2O2S2/c1-26(24-12-15-9-16(13-24)11-17(10-15)14-24)23(29)25-21-20(22(27)28-2)18-7-5-3-4-6-8-19(18)30-21/h15-17H,3-14H2,1-2H3,(H,25,29). The summed E-state index contributed by atoms with van der Waals surface area (Å²) in [5, 5.41) is 5.20. The molecule has 0 spiro atoms. The molecule has 5 aliphatic carbocycles. The van der Waals surface area contributed by atoms with Crippen LogP contribution in [0.25, 0.3) is 0 Å². The van der Waals surface area contributed by atoms with Crippen LogP contribution in [-0.4, -0.2) is 35.7 Å². The molecule has 1 aromatic heterocycles. The predicted octanol–water partition coefficient (Wildman–Crippen LogP) is 5.79. The van der Waals surface area contributed by atoms with Gasteiger partial charge in [0.05, 0.1) is 12.7 Å². The van der Waals surface area contributed by atoms with Gasteiger partial charge < -0.3 is 15.0 Å². The first kappa shape index (κ1) is 20.7. The van der Waals surface area contributed by atoms with Crippen LogP contribution in [0.15, 0.2) is 0 Å². The van der Waals surface area contributed by atoms with E-state index in [1.54, 1.807) is 11.3 Å². The van der Waals surface area contributed by atoms with E-state index in [9.17, 15) is 4.79 Å². The van der Waals surface area contributed by atoms with Crippen LogP contribution in [0.2, 0.25) is 0 Å². The highest BCUT2D eigenvalue weighted by Crippen LogP contribution is 2.57. The van der Waals surface area contributed by atoms with Gasteiger partial charge in [-0.1, -0.05) is 12.8 Å². The number of nitrogens with zero attached hydrogens (tertiary/aromatic N) is 1. The van der Waals surface area contributed by atoms with Gasteiger partial charge in [0.2, 0.25) is 0 Å². The third-order valence-corrected chi connectivity index (χ3v) is 9.89. The minimum absolute atomic E-state index is 0.218. The fourth-order valence-corrected chi connectivity index (χ4v) is 8.83. The molecule has 4 fully saturated rings. The van der Waals surface area contributed by atoms with Crippen molar-refractivity contribution in [2.75, 3.05) is 19.5 Å². The number of esters is 1. The first-order valence-electron chi connectivity index (χ1n) is 11.8. The summed E-state index contributed by atoms with van der Waals surface area (Å²) >= 11 is 7.66. The Hall–Kier alpha value is -1.14. The highest BCUT2D eigenvalue weighted by Gasteiger charge is 2.53. The second-order valence-electron chi connectivity index (χ2n) is 10.2. The fraction of sp³-hybridized carbons (Fsp3) is 0.750. The fourth-order valence-electron chi connectivity index (χ4n) is 7.20. The molecule has 4 nitrogen and oxygen atoms in total. The minimum Gasteiger partial charge on any atom is -0.465 e. The predicted molar refractivity (Wildman–Crippen MR) is 126 cm³/mol. The molecule has 0 amide bonds. The first-order valence-corrected chi connectivity index (χ1v) is 13.0. The highest BCUT2D eigenvalue weighted by atomic mass is 32.1. The van der Waals surface area contributed by atoms with Crippen molar-refractivity contribution < 1.29 is 9.53 Å². The smallest absolute Gasteiger partial charge is 0.341 e. The van der Waals surface area contributed by atoms with Crippen LogP contribution < -0.4 is 5.32 Å². The molecule has 5 aliphatic rings. The Morgan fingerprint density at radius 1 is 1.07 bits per heavy atom. The number of methoxy groups -OCH3 is 1. The molecule has 164 valence electrons. The third kappa shape index (κ3) is 3.58. The van der Waals surface area contributed by atoms with E-state index in [-0.39, 0.29) is 11.5 Å². The van der Waals surface area contributed by atoms with E-state index in [2.05, 4.69) is 17.3 Å². The maximum absolute atomic E-state index is 12.7. The molecule has 1 N–H and O–H groups in total. The van der Waals surface area contributed by atoms with E-state index in [1.165, 1.54) is 75.3 Å². The molecule has 0 aromatic carbocycles. The lowest BCUT2D eigenvalue weighted by Crippen LogP contribution is -2.60. The number of fused-ring (bicyclic) bond motifs is 1. The van der Waals surface area contributed by atoms with Gasteiger partial charge in [-0.05, 0) is 99.7 Å². The number of hydrogen-bond acceptors (Lipinski definition) is 4. The summed E-state index contributed by atoms with van der Waals surface area (Å²) in [6, 6.07) is 0. The maximum Gasteiger partial charge on any atom is 0.341 e. The number of ether oxygens (including phenoxy) is 1. The Kier molecular flexibility index (Phi) is 5.59. The van der Waals surface area contributed by atoms with Crippen molar-refractivity contribution in [3.8, 4) is 0 Å². The zero-order valence-corrected chi connectivity index (χ0v) is 19.9. The molecule has 6 heteroatoms. The Morgan fingerprint density at radius 3 is 2.27 bits per heavy atom. The molecule has 1 heterocycles. The molecular formula is C24H34N2O2S2. The molecule has 6 rings (SSSR count). The summed E-state index contributed by atoms with van der Waals surface area (Å²) in [7, 11) is 3.67. The molecule has 0 unspecified atom stereocenters. The molecule has 4 bridgehead atoms. The van der Waals surface area contributed by atoms with Crippen LogP contribution in [0.4, 0.5) is 5.00 Å². The van der Waals surface area contributed by atoms with E-state index in [0.717, 1.165) is 52.7 Å². The van der Waals surface area contributed by atoms with E-state index < -0.39 is 0 Å². The van der Waals surface area contributed by atoms with Crippen molar-refractivity contribution in [1.29, 1.82) is 0 Å². The SMILES string of the molecule is COC(=O)c1c(NC(=S)N(C)C23CC4CC(CC(C4)C2)C3)sc2c1CCCCCC2. The second kappa shape index (κ2) is 8.09. The Labute approximate surface area is 189 Å². The maximum atomic E-state index is 12.7. The number of anilines is 1. The lowest BCUT2D eigenvalue weighted by molar-refractivity contribution is -0.0538. The molecule has 4 saturated carbocycles.